The van der Waals surface area contributed by atoms with Crippen LogP contribution in [0.25, 0.3) is 0 Å². The molecule has 3 rings (SSSR count). The quantitative estimate of drug-likeness (QED) is 0.460. The molecule has 0 unspecified atom stereocenters. The van der Waals surface area contributed by atoms with Gasteiger partial charge in [-0.25, -0.2) is 0 Å². The predicted molar refractivity (Wildman–Crippen MR) is 108 cm³/mol. The summed E-state index contributed by atoms with van der Waals surface area (Å²) in [5, 5.41) is 0. The van der Waals surface area contributed by atoms with E-state index in [0.29, 0.717) is 0 Å². The van der Waals surface area contributed by atoms with Crippen molar-refractivity contribution in [3.05, 3.63) is 107 Å². The number of hydrogen-bond donors (Lipinski definition) is 0. The van der Waals surface area contributed by atoms with Crippen LogP contribution in [-0.2, 0) is 6.42 Å². The molecule has 126 valence electrons. The Kier molecular flexibility index (Phi) is 9.23. The van der Waals surface area contributed by atoms with Gasteiger partial charge in [0.05, 0.1) is 0 Å². The van der Waals surface area contributed by atoms with E-state index < -0.39 is 0 Å². The van der Waals surface area contributed by atoms with Crippen molar-refractivity contribution in [3.63, 3.8) is 0 Å². The minimum atomic E-state index is 1.14. The lowest BCUT2D eigenvalue weighted by molar-refractivity contribution is 1.12. The zero-order valence-electron chi connectivity index (χ0n) is 15.7. The molecule has 3 aromatic carbocycles. The van der Waals surface area contributed by atoms with Crippen LogP contribution < -0.4 is 0 Å². The summed E-state index contributed by atoms with van der Waals surface area (Å²) >= 11 is 0. The molecule has 0 aromatic heterocycles. The third-order valence-electron chi connectivity index (χ3n) is 3.57. The van der Waals surface area contributed by atoms with Crippen LogP contribution in [0.5, 0.6) is 0 Å². The van der Waals surface area contributed by atoms with Gasteiger partial charge in [-0.15, -0.1) is 0 Å². The van der Waals surface area contributed by atoms with Gasteiger partial charge in [0.1, 0.15) is 0 Å². The number of benzene rings is 3. The third kappa shape index (κ3) is 8.95. The maximum Gasteiger partial charge on any atom is -0.0307 e. The van der Waals surface area contributed by atoms with Gasteiger partial charge in [0, 0.05) is 0 Å². The standard InChI is InChI=1S/C10H14.2C7H8/c1-4-10-6-8(2)5-9(3)7-10;2*1-7-5-3-2-4-6-7/h5-7H,4H2,1-3H3;2*2-6H,1H3. The minimum absolute atomic E-state index is 1.14. The predicted octanol–water partition coefficient (Wildman–Crippen LogP) is 6.86. The van der Waals surface area contributed by atoms with Gasteiger partial charge in [-0.1, -0.05) is 108 Å². The Bertz CT molecular complexity index is 624. The highest BCUT2D eigenvalue weighted by molar-refractivity contribution is 5.28. The Balaban J connectivity index is 0.000000185. The van der Waals surface area contributed by atoms with E-state index >= 15 is 0 Å². The highest BCUT2D eigenvalue weighted by Crippen LogP contribution is 2.08. The smallest absolute Gasteiger partial charge is 0.0307 e. The third-order valence-corrected chi connectivity index (χ3v) is 3.57. The largest absolute Gasteiger partial charge is 0.0622 e. The normalized spacial score (nSPS) is 9.21. The first kappa shape index (κ1) is 19.7. The molecule has 0 heterocycles. The topological polar surface area (TPSA) is 0 Å². The maximum absolute atomic E-state index is 2.24. The van der Waals surface area contributed by atoms with Crippen LogP contribution in [-0.4, -0.2) is 0 Å². The minimum Gasteiger partial charge on any atom is -0.0622 e. The van der Waals surface area contributed by atoms with E-state index in [-0.39, 0.29) is 0 Å². The lowest BCUT2D eigenvalue weighted by atomic mass is 10.1. The fourth-order valence-electron chi connectivity index (χ4n) is 2.34. The molecule has 0 radical (unpaired) electrons. The van der Waals surface area contributed by atoms with Crippen molar-refractivity contribution >= 4 is 0 Å². The van der Waals surface area contributed by atoms with Crippen molar-refractivity contribution < 1.29 is 0 Å². The molecule has 0 nitrogen and oxygen atoms in total. The van der Waals surface area contributed by atoms with E-state index in [9.17, 15) is 0 Å². The van der Waals surface area contributed by atoms with Crippen LogP contribution in [0.1, 0.15) is 34.7 Å². The monoisotopic (exact) mass is 318 g/mol. The Labute approximate surface area is 148 Å². The summed E-state index contributed by atoms with van der Waals surface area (Å²) in [5.41, 5.74) is 6.83. The van der Waals surface area contributed by atoms with Crippen molar-refractivity contribution in [2.24, 2.45) is 0 Å². The second kappa shape index (κ2) is 11.2. The van der Waals surface area contributed by atoms with Gasteiger partial charge in [0.15, 0.2) is 0 Å². The molecule has 0 saturated carbocycles. The summed E-state index contributed by atoms with van der Waals surface area (Å²) in [4.78, 5) is 0. The Morgan fingerprint density at radius 3 is 1.12 bits per heavy atom. The van der Waals surface area contributed by atoms with Crippen molar-refractivity contribution in [1.82, 2.24) is 0 Å². The van der Waals surface area contributed by atoms with Gasteiger partial charge >= 0.3 is 0 Å². The number of hydrogen-bond acceptors (Lipinski definition) is 0. The van der Waals surface area contributed by atoms with Gasteiger partial charge < -0.3 is 0 Å². The molecular formula is C24H30. The van der Waals surface area contributed by atoms with Crippen LogP contribution in [0.4, 0.5) is 0 Å². The van der Waals surface area contributed by atoms with Crippen LogP contribution in [0.2, 0.25) is 0 Å². The summed E-state index contributed by atoms with van der Waals surface area (Å²) in [7, 11) is 0. The molecule has 0 bridgehead atoms. The summed E-state index contributed by atoms with van der Waals surface area (Å²) in [5.74, 6) is 0. The average Bonchev–Trinajstić information content (AvgIpc) is 2.56. The zero-order chi connectivity index (χ0) is 17.8. The SMILES string of the molecule is CCc1cc(C)cc(C)c1.Cc1ccccc1.Cc1ccccc1. The van der Waals surface area contributed by atoms with E-state index in [1.807, 2.05) is 36.4 Å². The Morgan fingerprint density at radius 2 is 0.875 bits per heavy atom. The molecule has 24 heavy (non-hydrogen) atoms. The van der Waals surface area contributed by atoms with E-state index in [1.54, 1.807) is 0 Å². The maximum atomic E-state index is 2.24. The lowest BCUT2D eigenvalue weighted by Crippen LogP contribution is -1.83. The van der Waals surface area contributed by atoms with Gasteiger partial charge in [-0.05, 0) is 39.7 Å². The second-order valence-electron chi connectivity index (χ2n) is 6.16. The molecule has 3 aromatic rings. The first-order valence-corrected chi connectivity index (χ1v) is 8.61. The van der Waals surface area contributed by atoms with Crippen molar-refractivity contribution in [2.45, 2.75) is 41.0 Å². The first-order valence-electron chi connectivity index (χ1n) is 8.61. The second-order valence-corrected chi connectivity index (χ2v) is 6.16. The van der Waals surface area contributed by atoms with Crippen molar-refractivity contribution in [2.75, 3.05) is 0 Å². The molecule has 0 heteroatoms. The molecule has 0 aliphatic heterocycles. The molecule has 0 atom stereocenters. The van der Waals surface area contributed by atoms with E-state index in [1.165, 1.54) is 27.8 Å². The lowest BCUT2D eigenvalue weighted by Gasteiger charge is -2.00. The summed E-state index contributed by atoms with van der Waals surface area (Å²) < 4.78 is 0. The van der Waals surface area contributed by atoms with Crippen LogP contribution in [0.15, 0.2) is 78.9 Å². The van der Waals surface area contributed by atoms with Gasteiger partial charge in [0.25, 0.3) is 0 Å². The molecular weight excluding hydrogens is 288 g/mol. The molecule has 0 aliphatic rings. The Morgan fingerprint density at radius 1 is 0.500 bits per heavy atom. The molecule has 0 spiro atoms. The fourth-order valence-corrected chi connectivity index (χ4v) is 2.34. The fraction of sp³-hybridized carbons (Fsp3) is 0.250. The van der Waals surface area contributed by atoms with E-state index in [4.69, 9.17) is 0 Å². The molecule has 0 N–H and O–H groups in total. The van der Waals surface area contributed by atoms with E-state index in [0.717, 1.165) is 6.42 Å². The highest BCUT2D eigenvalue weighted by atomic mass is 14.0. The number of aryl methyl sites for hydroxylation is 5. The average molecular weight is 319 g/mol. The first-order chi connectivity index (χ1) is 11.5. The van der Waals surface area contributed by atoms with Crippen LogP contribution in [0.3, 0.4) is 0 Å². The molecule has 0 fully saturated rings. The van der Waals surface area contributed by atoms with Gasteiger partial charge in [-0.3, -0.25) is 0 Å². The summed E-state index contributed by atoms with van der Waals surface area (Å²) in [6.45, 7) is 10.6. The van der Waals surface area contributed by atoms with Crippen molar-refractivity contribution in [3.8, 4) is 0 Å². The Hall–Kier alpha value is -2.34. The van der Waals surface area contributed by atoms with Crippen molar-refractivity contribution in [1.29, 1.82) is 0 Å². The van der Waals surface area contributed by atoms with Crippen LogP contribution in [0, 0.1) is 27.7 Å². The summed E-state index contributed by atoms with van der Waals surface area (Å²) in [6, 6.07) is 27.2. The molecule has 0 amide bonds. The number of rotatable bonds is 1. The zero-order valence-corrected chi connectivity index (χ0v) is 15.7. The van der Waals surface area contributed by atoms with E-state index in [2.05, 4.69) is 77.1 Å². The molecule has 0 saturated heterocycles. The van der Waals surface area contributed by atoms with Crippen LogP contribution >= 0.6 is 0 Å². The highest BCUT2D eigenvalue weighted by Gasteiger charge is 1.91. The summed E-state index contributed by atoms with van der Waals surface area (Å²) in [6.07, 6.45) is 1.14. The van der Waals surface area contributed by atoms with Gasteiger partial charge in [0.2, 0.25) is 0 Å². The van der Waals surface area contributed by atoms with Gasteiger partial charge in [-0.2, -0.15) is 0 Å². The molecule has 0 aliphatic carbocycles.